The lowest BCUT2D eigenvalue weighted by Gasteiger charge is -2.14. The predicted molar refractivity (Wildman–Crippen MR) is 118 cm³/mol. The normalized spacial score (nSPS) is 11.3. The van der Waals surface area contributed by atoms with Gasteiger partial charge in [-0.1, -0.05) is 6.07 Å². The highest BCUT2D eigenvalue weighted by molar-refractivity contribution is 14.0. The summed E-state index contributed by atoms with van der Waals surface area (Å²) in [5, 5.41) is 6.24. The third kappa shape index (κ3) is 8.51. The number of rotatable bonds is 8. The summed E-state index contributed by atoms with van der Waals surface area (Å²) in [7, 11) is 4.76. The number of alkyl halides is 3. The Morgan fingerprint density at radius 3 is 2.20 bits per heavy atom. The molecule has 166 valence electrons. The van der Waals surface area contributed by atoms with E-state index in [2.05, 4.69) is 25.3 Å². The Bertz CT molecular complexity index is 835. The number of ether oxygens (including phenoxy) is 3. The lowest BCUT2D eigenvalue weighted by atomic mass is 10.2. The Labute approximate surface area is 190 Å². The molecule has 1 heterocycles. The molecule has 0 aliphatic rings. The molecule has 1 aromatic heterocycles. The number of methoxy groups -OCH3 is 2. The number of halogens is 4. The molecule has 0 aliphatic carbocycles. The van der Waals surface area contributed by atoms with E-state index in [1.165, 1.54) is 12.3 Å². The minimum atomic E-state index is -4.41. The Balaban J connectivity index is 0.00000450. The number of guanidine groups is 1. The summed E-state index contributed by atoms with van der Waals surface area (Å²) in [6.07, 6.45) is -3.02. The van der Waals surface area contributed by atoms with Gasteiger partial charge in [0.1, 0.15) is 0 Å². The quantitative estimate of drug-likeness (QED) is 0.303. The van der Waals surface area contributed by atoms with E-state index in [-0.39, 0.29) is 29.9 Å². The average molecular weight is 540 g/mol. The summed E-state index contributed by atoms with van der Waals surface area (Å²) in [5.41, 5.74) is 1.66. The van der Waals surface area contributed by atoms with Gasteiger partial charge in [-0.2, -0.15) is 13.2 Å². The van der Waals surface area contributed by atoms with Gasteiger partial charge in [0.05, 0.1) is 14.2 Å². The largest absolute Gasteiger partial charge is 0.493 e. The lowest BCUT2D eigenvalue weighted by Crippen LogP contribution is -2.36. The molecule has 0 atom stereocenters. The van der Waals surface area contributed by atoms with Gasteiger partial charge in [-0.25, -0.2) is 4.98 Å². The molecule has 30 heavy (non-hydrogen) atoms. The summed E-state index contributed by atoms with van der Waals surface area (Å²) in [5.74, 6) is 1.70. The molecule has 1 aromatic carbocycles. The van der Waals surface area contributed by atoms with Crippen molar-refractivity contribution in [3.63, 3.8) is 0 Å². The molecule has 2 rings (SSSR count). The number of benzene rings is 1. The molecule has 2 N–H and O–H groups in total. The van der Waals surface area contributed by atoms with Crippen molar-refractivity contribution in [3.05, 3.63) is 47.7 Å². The molecule has 0 bridgehead atoms. The number of hydrogen-bond acceptors (Lipinski definition) is 5. The Hall–Kier alpha value is -2.44. The van der Waals surface area contributed by atoms with E-state index in [1.807, 2.05) is 18.2 Å². The third-order valence-corrected chi connectivity index (χ3v) is 3.77. The summed E-state index contributed by atoms with van der Waals surface area (Å²) in [6, 6.07) is 8.68. The fraction of sp³-hybridized carbons (Fsp3) is 0.368. The lowest BCUT2D eigenvalue weighted by molar-refractivity contribution is -0.154. The van der Waals surface area contributed by atoms with Crippen molar-refractivity contribution >= 4 is 29.9 Å². The van der Waals surface area contributed by atoms with Gasteiger partial charge in [0, 0.05) is 32.4 Å². The molecular weight excluding hydrogens is 516 g/mol. The van der Waals surface area contributed by atoms with Crippen LogP contribution in [0.2, 0.25) is 0 Å². The van der Waals surface area contributed by atoms with Crippen molar-refractivity contribution in [1.29, 1.82) is 0 Å². The van der Waals surface area contributed by atoms with Crippen LogP contribution >= 0.6 is 24.0 Å². The molecule has 0 fully saturated rings. The Kier molecular flexibility index (Phi) is 10.5. The van der Waals surface area contributed by atoms with Crippen LogP contribution in [0.1, 0.15) is 11.1 Å². The zero-order valence-electron chi connectivity index (χ0n) is 16.7. The molecule has 7 nitrogen and oxygen atoms in total. The molecule has 0 saturated carbocycles. The maximum absolute atomic E-state index is 12.3. The van der Waals surface area contributed by atoms with Crippen molar-refractivity contribution < 1.29 is 27.4 Å². The molecule has 0 unspecified atom stereocenters. The van der Waals surface area contributed by atoms with Crippen molar-refractivity contribution in [2.24, 2.45) is 4.99 Å². The molecule has 2 aromatic rings. The van der Waals surface area contributed by atoms with Crippen LogP contribution < -0.4 is 24.8 Å². The van der Waals surface area contributed by atoms with E-state index in [0.717, 1.165) is 5.56 Å². The van der Waals surface area contributed by atoms with Gasteiger partial charge in [0.2, 0.25) is 5.88 Å². The molecule has 0 amide bonds. The van der Waals surface area contributed by atoms with Crippen molar-refractivity contribution in [2.45, 2.75) is 19.3 Å². The van der Waals surface area contributed by atoms with Crippen molar-refractivity contribution in [1.82, 2.24) is 15.6 Å². The molecule has 11 heteroatoms. The SMILES string of the molecule is CN=C(NCc1ccnc(OCC(F)(F)F)c1)NCc1ccc(OC)c(OC)c1.I. The second kappa shape index (κ2) is 12.3. The van der Waals surface area contributed by atoms with Crippen molar-refractivity contribution in [2.75, 3.05) is 27.9 Å². The predicted octanol–water partition coefficient (Wildman–Crippen LogP) is 3.52. The zero-order chi connectivity index (χ0) is 21.3. The van der Waals surface area contributed by atoms with E-state index in [1.54, 1.807) is 27.3 Å². The van der Waals surface area contributed by atoms with Gasteiger partial charge in [-0.15, -0.1) is 24.0 Å². The van der Waals surface area contributed by atoms with Crippen LogP contribution in [-0.4, -0.2) is 45.0 Å². The number of nitrogens with zero attached hydrogens (tertiary/aromatic N) is 2. The van der Waals surface area contributed by atoms with Crippen LogP contribution in [-0.2, 0) is 13.1 Å². The minimum absolute atomic E-state index is 0. The van der Waals surface area contributed by atoms with Crippen LogP contribution in [0, 0.1) is 0 Å². The van der Waals surface area contributed by atoms with Gasteiger partial charge >= 0.3 is 6.18 Å². The average Bonchev–Trinajstić information content (AvgIpc) is 2.72. The van der Waals surface area contributed by atoms with Crippen LogP contribution in [0.4, 0.5) is 13.2 Å². The second-order valence-electron chi connectivity index (χ2n) is 5.87. The van der Waals surface area contributed by atoms with E-state index < -0.39 is 12.8 Å². The van der Waals surface area contributed by atoms with Gasteiger partial charge in [0.25, 0.3) is 0 Å². The highest BCUT2D eigenvalue weighted by Crippen LogP contribution is 2.27. The summed E-state index contributed by atoms with van der Waals surface area (Å²) in [4.78, 5) is 7.91. The Morgan fingerprint density at radius 1 is 1.00 bits per heavy atom. The van der Waals surface area contributed by atoms with Crippen molar-refractivity contribution in [3.8, 4) is 17.4 Å². The second-order valence-corrected chi connectivity index (χ2v) is 5.87. The highest BCUT2D eigenvalue weighted by atomic mass is 127. The molecule has 0 radical (unpaired) electrons. The topological polar surface area (TPSA) is 77.0 Å². The summed E-state index contributed by atoms with van der Waals surface area (Å²) >= 11 is 0. The van der Waals surface area contributed by atoms with Gasteiger partial charge in [0.15, 0.2) is 24.1 Å². The Morgan fingerprint density at radius 2 is 1.63 bits per heavy atom. The maximum atomic E-state index is 12.3. The smallest absolute Gasteiger partial charge is 0.422 e. The fourth-order valence-corrected chi connectivity index (χ4v) is 2.38. The van der Waals surface area contributed by atoms with Gasteiger partial charge in [-0.3, -0.25) is 4.99 Å². The van der Waals surface area contributed by atoms with Crippen LogP contribution in [0.5, 0.6) is 17.4 Å². The number of hydrogen-bond donors (Lipinski definition) is 2. The van der Waals surface area contributed by atoms with Crippen LogP contribution in [0.15, 0.2) is 41.5 Å². The summed E-state index contributed by atoms with van der Waals surface area (Å²) < 4.78 is 51.9. The van der Waals surface area contributed by atoms with Gasteiger partial charge in [-0.05, 0) is 29.3 Å². The van der Waals surface area contributed by atoms with E-state index in [0.29, 0.717) is 36.1 Å². The standard InChI is InChI=1S/C19H23F3N4O3.HI/c1-23-18(25-10-13-4-5-15(27-2)16(8-13)28-3)26-11-14-6-7-24-17(9-14)29-12-19(20,21)22;/h4-9H,10-12H2,1-3H3,(H2,23,25,26);1H. The number of pyridine rings is 1. The molecule has 0 spiro atoms. The first-order valence-corrected chi connectivity index (χ1v) is 8.64. The first kappa shape index (κ1) is 25.6. The summed E-state index contributed by atoms with van der Waals surface area (Å²) in [6.45, 7) is -0.571. The van der Waals surface area contributed by atoms with Gasteiger partial charge < -0.3 is 24.8 Å². The number of nitrogens with one attached hydrogen (secondary N) is 2. The fourth-order valence-electron chi connectivity index (χ4n) is 2.38. The van der Waals surface area contributed by atoms with E-state index in [9.17, 15) is 13.2 Å². The first-order chi connectivity index (χ1) is 13.8. The van der Waals surface area contributed by atoms with Crippen LogP contribution in [0.25, 0.3) is 0 Å². The monoisotopic (exact) mass is 540 g/mol. The number of aliphatic imine (C=N–C) groups is 1. The molecule has 0 saturated heterocycles. The molecular formula is C19H24F3IN4O3. The van der Waals surface area contributed by atoms with Crippen LogP contribution in [0.3, 0.4) is 0 Å². The van der Waals surface area contributed by atoms with E-state index >= 15 is 0 Å². The zero-order valence-corrected chi connectivity index (χ0v) is 19.1. The maximum Gasteiger partial charge on any atom is 0.422 e. The highest BCUT2D eigenvalue weighted by Gasteiger charge is 2.28. The first-order valence-electron chi connectivity index (χ1n) is 8.64. The molecule has 0 aliphatic heterocycles. The number of aromatic nitrogens is 1. The third-order valence-electron chi connectivity index (χ3n) is 3.77. The van der Waals surface area contributed by atoms with E-state index in [4.69, 9.17) is 9.47 Å². The minimum Gasteiger partial charge on any atom is -0.493 e.